The molecule has 94 valence electrons. The Labute approximate surface area is 104 Å². The lowest BCUT2D eigenvalue weighted by atomic mass is 10.1. The van der Waals surface area contributed by atoms with Crippen molar-refractivity contribution in [1.82, 2.24) is 5.32 Å². The fourth-order valence-corrected chi connectivity index (χ4v) is 1.50. The largest absolute Gasteiger partial charge is 0.349 e. The molecule has 1 rings (SSSR count). The Morgan fingerprint density at radius 2 is 2.06 bits per heavy atom. The minimum absolute atomic E-state index is 0.0530. The van der Waals surface area contributed by atoms with E-state index in [-0.39, 0.29) is 17.5 Å². The van der Waals surface area contributed by atoms with E-state index in [0.29, 0.717) is 5.88 Å². The lowest BCUT2D eigenvalue weighted by Crippen LogP contribution is -2.38. The quantitative estimate of drug-likeness (QED) is 0.830. The van der Waals surface area contributed by atoms with E-state index in [1.54, 1.807) is 6.92 Å². The third-order valence-electron chi connectivity index (χ3n) is 2.63. The van der Waals surface area contributed by atoms with Crippen molar-refractivity contribution in [2.24, 2.45) is 5.92 Å². The van der Waals surface area contributed by atoms with Gasteiger partial charge in [-0.2, -0.15) is 0 Å². The summed E-state index contributed by atoms with van der Waals surface area (Å²) in [7, 11) is 0. The zero-order valence-corrected chi connectivity index (χ0v) is 10.4. The first-order chi connectivity index (χ1) is 7.95. The summed E-state index contributed by atoms with van der Waals surface area (Å²) in [6.07, 6.45) is 0. The Balaban J connectivity index is 2.79. The summed E-state index contributed by atoms with van der Waals surface area (Å²) in [6.45, 7) is 3.63. The zero-order chi connectivity index (χ0) is 13.0. The van der Waals surface area contributed by atoms with Gasteiger partial charge in [-0.25, -0.2) is 8.78 Å². The molecule has 5 heteroatoms. The van der Waals surface area contributed by atoms with Gasteiger partial charge >= 0.3 is 0 Å². The number of alkyl halides is 1. The third-order valence-corrected chi connectivity index (χ3v) is 3.12. The van der Waals surface area contributed by atoms with Crippen LogP contribution in [-0.2, 0) is 0 Å². The van der Waals surface area contributed by atoms with Crippen molar-refractivity contribution in [3.8, 4) is 0 Å². The molecule has 2 atom stereocenters. The van der Waals surface area contributed by atoms with Gasteiger partial charge in [-0.05, 0) is 31.0 Å². The number of carbonyl (C=O) groups excluding carboxylic acids is 1. The van der Waals surface area contributed by atoms with Crippen LogP contribution >= 0.6 is 11.6 Å². The molecule has 0 fully saturated rings. The van der Waals surface area contributed by atoms with Gasteiger partial charge in [0.1, 0.15) is 11.6 Å². The average molecular weight is 262 g/mol. The topological polar surface area (TPSA) is 29.1 Å². The van der Waals surface area contributed by atoms with Gasteiger partial charge in [-0.15, -0.1) is 11.6 Å². The zero-order valence-electron chi connectivity index (χ0n) is 9.64. The second-order valence-electron chi connectivity index (χ2n) is 4.02. The Bertz CT molecular complexity index is 411. The van der Waals surface area contributed by atoms with Crippen LogP contribution in [0, 0.1) is 17.6 Å². The van der Waals surface area contributed by atoms with Crippen LogP contribution in [0.5, 0.6) is 0 Å². The van der Waals surface area contributed by atoms with E-state index in [1.807, 2.05) is 6.92 Å². The molecule has 1 N–H and O–H groups in total. The van der Waals surface area contributed by atoms with Crippen molar-refractivity contribution in [2.75, 3.05) is 5.88 Å². The monoisotopic (exact) mass is 261 g/mol. The molecule has 0 aliphatic carbocycles. The molecule has 2 unspecified atom stereocenters. The number of halogens is 3. The molecule has 0 spiro atoms. The van der Waals surface area contributed by atoms with Crippen LogP contribution in [0.15, 0.2) is 18.2 Å². The van der Waals surface area contributed by atoms with Crippen molar-refractivity contribution in [2.45, 2.75) is 19.9 Å². The van der Waals surface area contributed by atoms with Gasteiger partial charge in [0.2, 0.25) is 0 Å². The molecule has 2 nitrogen and oxygen atoms in total. The number of hydrogen-bond donors (Lipinski definition) is 1. The third kappa shape index (κ3) is 3.66. The normalized spacial score (nSPS) is 14.2. The van der Waals surface area contributed by atoms with E-state index in [9.17, 15) is 13.6 Å². The minimum Gasteiger partial charge on any atom is -0.349 e. The van der Waals surface area contributed by atoms with Gasteiger partial charge in [0.05, 0.1) is 5.56 Å². The van der Waals surface area contributed by atoms with Crippen molar-refractivity contribution < 1.29 is 13.6 Å². The summed E-state index contributed by atoms with van der Waals surface area (Å²) in [5.74, 6) is -1.58. The van der Waals surface area contributed by atoms with Crippen LogP contribution in [0.2, 0.25) is 0 Å². The number of amides is 1. The Morgan fingerprint density at radius 1 is 1.41 bits per heavy atom. The summed E-state index contributed by atoms with van der Waals surface area (Å²) >= 11 is 5.65. The van der Waals surface area contributed by atoms with E-state index in [2.05, 4.69) is 5.32 Å². The molecule has 0 saturated carbocycles. The number of nitrogens with one attached hydrogen (secondary N) is 1. The van der Waals surface area contributed by atoms with Crippen molar-refractivity contribution in [3.05, 3.63) is 35.4 Å². The first-order valence-electron chi connectivity index (χ1n) is 5.27. The van der Waals surface area contributed by atoms with Gasteiger partial charge < -0.3 is 5.32 Å². The molecule has 0 radical (unpaired) electrons. The van der Waals surface area contributed by atoms with Gasteiger partial charge in [0, 0.05) is 11.9 Å². The second kappa shape index (κ2) is 5.96. The maximum absolute atomic E-state index is 13.3. The van der Waals surface area contributed by atoms with E-state index >= 15 is 0 Å². The van der Waals surface area contributed by atoms with Crippen molar-refractivity contribution in [3.63, 3.8) is 0 Å². The molecule has 0 aromatic heterocycles. The summed E-state index contributed by atoms with van der Waals surface area (Å²) < 4.78 is 26.2. The molecular weight excluding hydrogens is 248 g/mol. The fourth-order valence-electron chi connectivity index (χ4n) is 1.23. The van der Waals surface area contributed by atoms with Gasteiger partial charge in [-0.3, -0.25) is 4.79 Å². The number of hydrogen-bond acceptors (Lipinski definition) is 1. The first-order valence-corrected chi connectivity index (χ1v) is 5.81. The molecule has 0 heterocycles. The van der Waals surface area contributed by atoms with E-state index in [0.717, 1.165) is 18.2 Å². The number of carbonyl (C=O) groups is 1. The fraction of sp³-hybridized carbons (Fsp3) is 0.417. The highest BCUT2D eigenvalue weighted by Crippen LogP contribution is 2.11. The highest BCUT2D eigenvalue weighted by molar-refractivity contribution is 6.18. The lowest BCUT2D eigenvalue weighted by molar-refractivity contribution is 0.0926. The summed E-state index contributed by atoms with van der Waals surface area (Å²) in [6, 6.07) is 2.57. The highest BCUT2D eigenvalue weighted by Gasteiger charge is 2.18. The molecule has 0 aliphatic rings. The van der Waals surface area contributed by atoms with Gasteiger partial charge in [0.15, 0.2) is 0 Å². The molecule has 1 aromatic carbocycles. The SMILES string of the molecule is CC(CCl)C(C)NC(=O)c1cc(F)ccc1F. The maximum Gasteiger partial charge on any atom is 0.254 e. The van der Waals surface area contributed by atoms with E-state index in [4.69, 9.17) is 11.6 Å². The van der Waals surface area contributed by atoms with Crippen LogP contribution in [0.4, 0.5) is 8.78 Å². The molecule has 0 saturated heterocycles. The van der Waals surface area contributed by atoms with Crippen molar-refractivity contribution in [1.29, 1.82) is 0 Å². The Morgan fingerprint density at radius 3 is 2.65 bits per heavy atom. The van der Waals surface area contributed by atoms with E-state index in [1.165, 1.54) is 0 Å². The number of rotatable bonds is 4. The Kier molecular flexibility index (Phi) is 4.87. The average Bonchev–Trinajstić information content (AvgIpc) is 2.30. The lowest BCUT2D eigenvalue weighted by Gasteiger charge is -2.19. The second-order valence-corrected chi connectivity index (χ2v) is 4.33. The smallest absolute Gasteiger partial charge is 0.254 e. The molecular formula is C12H14ClF2NO. The van der Waals surface area contributed by atoms with E-state index < -0.39 is 17.5 Å². The van der Waals surface area contributed by atoms with Gasteiger partial charge in [-0.1, -0.05) is 6.92 Å². The maximum atomic E-state index is 13.3. The molecule has 1 aromatic rings. The van der Waals surface area contributed by atoms with Gasteiger partial charge in [0.25, 0.3) is 5.91 Å². The summed E-state index contributed by atoms with van der Waals surface area (Å²) in [5.41, 5.74) is -0.293. The molecule has 17 heavy (non-hydrogen) atoms. The van der Waals surface area contributed by atoms with Crippen LogP contribution in [0.25, 0.3) is 0 Å². The molecule has 0 bridgehead atoms. The highest BCUT2D eigenvalue weighted by atomic mass is 35.5. The first kappa shape index (κ1) is 13.9. The number of benzene rings is 1. The van der Waals surface area contributed by atoms with Crippen LogP contribution in [0.3, 0.4) is 0 Å². The van der Waals surface area contributed by atoms with Crippen LogP contribution < -0.4 is 5.32 Å². The van der Waals surface area contributed by atoms with Crippen LogP contribution in [-0.4, -0.2) is 17.8 Å². The van der Waals surface area contributed by atoms with Crippen LogP contribution in [0.1, 0.15) is 24.2 Å². The standard InChI is InChI=1S/C12H14ClF2NO/c1-7(6-13)8(2)16-12(17)10-5-9(14)3-4-11(10)15/h3-5,7-8H,6H2,1-2H3,(H,16,17). The van der Waals surface area contributed by atoms with Crippen molar-refractivity contribution >= 4 is 17.5 Å². The predicted molar refractivity (Wildman–Crippen MR) is 63.2 cm³/mol. The predicted octanol–water partition coefficient (Wildman–Crippen LogP) is 2.96. The summed E-state index contributed by atoms with van der Waals surface area (Å²) in [4.78, 5) is 11.7. The Hall–Kier alpha value is -1.16. The molecule has 0 aliphatic heterocycles. The molecule has 1 amide bonds. The summed E-state index contributed by atoms with van der Waals surface area (Å²) in [5, 5.41) is 2.58. The minimum atomic E-state index is -0.741.